The fraction of sp³-hybridized carbons (Fsp3) is 0.154. The Bertz CT molecular complexity index is 666. The number of halogens is 1. The Morgan fingerprint density at radius 3 is 2.60 bits per heavy atom. The molecule has 1 aromatic heterocycles. The summed E-state index contributed by atoms with van der Waals surface area (Å²) in [5, 5.41) is 9.57. The molecule has 2 N–H and O–H groups in total. The Hall–Kier alpha value is -2.34. The molecule has 0 unspecified atom stereocenters. The normalized spacial score (nSPS) is 10.2. The molecular weight excluding hydrogens is 280 g/mol. The highest BCUT2D eigenvalue weighted by Crippen LogP contribution is 2.25. The van der Waals surface area contributed by atoms with Gasteiger partial charge in [-0.15, -0.1) is 0 Å². The minimum atomic E-state index is -0.276. The van der Waals surface area contributed by atoms with Crippen molar-refractivity contribution in [3.05, 3.63) is 41.2 Å². The highest BCUT2D eigenvalue weighted by atomic mass is 35.5. The van der Waals surface area contributed by atoms with E-state index >= 15 is 0 Å². The summed E-state index contributed by atoms with van der Waals surface area (Å²) in [6.45, 7) is 1.40. The summed E-state index contributed by atoms with van der Waals surface area (Å²) in [5.41, 5.74) is 1.49. The summed E-state index contributed by atoms with van der Waals surface area (Å²) in [6, 6.07) is 4.86. The Morgan fingerprint density at radius 2 is 2.05 bits per heavy atom. The van der Waals surface area contributed by atoms with Gasteiger partial charge in [0.2, 0.25) is 5.91 Å². The van der Waals surface area contributed by atoms with Crippen LogP contribution in [0, 0.1) is 0 Å². The average molecular weight is 293 g/mol. The molecule has 1 aromatic carbocycles. The number of carbonyl (C=O) groups is 2. The molecule has 2 aromatic rings. The second kappa shape index (κ2) is 5.75. The number of carbonyl (C=O) groups excluding carboxylic acids is 2. The van der Waals surface area contributed by atoms with Gasteiger partial charge in [0, 0.05) is 25.9 Å². The molecule has 1 heterocycles. The molecule has 0 saturated heterocycles. The van der Waals surface area contributed by atoms with Crippen molar-refractivity contribution >= 4 is 34.8 Å². The molecular formula is C13H13ClN4O2. The molecule has 7 heteroatoms. The summed E-state index contributed by atoms with van der Waals surface area (Å²) in [5.74, 6) is -0.486. The largest absolute Gasteiger partial charge is 0.325 e. The number of rotatable bonds is 3. The minimum absolute atomic E-state index is 0.209. The lowest BCUT2D eigenvalue weighted by atomic mass is 10.2. The van der Waals surface area contributed by atoms with Crippen LogP contribution >= 0.6 is 11.6 Å². The van der Waals surface area contributed by atoms with Crippen molar-refractivity contribution in [3.63, 3.8) is 0 Å². The number of hydrogen-bond donors (Lipinski definition) is 2. The van der Waals surface area contributed by atoms with Gasteiger partial charge < -0.3 is 10.6 Å². The van der Waals surface area contributed by atoms with E-state index in [0.717, 1.165) is 0 Å². The summed E-state index contributed by atoms with van der Waals surface area (Å²) >= 11 is 6.02. The number of aryl methyl sites for hydroxylation is 1. The predicted molar refractivity (Wildman–Crippen MR) is 76.9 cm³/mol. The molecule has 0 saturated carbocycles. The summed E-state index contributed by atoms with van der Waals surface area (Å²) in [4.78, 5) is 22.9. The number of amides is 2. The van der Waals surface area contributed by atoms with E-state index < -0.39 is 0 Å². The monoisotopic (exact) mass is 292 g/mol. The molecule has 0 aliphatic carbocycles. The zero-order valence-electron chi connectivity index (χ0n) is 11.0. The van der Waals surface area contributed by atoms with Gasteiger partial charge in [-0.05, 0) is 18.2 Å². The molecule has 0 aliphatic heterocycles. The summed E-state index contributed by atoms with van der Waals surface area (Å²) in [7, 11) is 1.73. The standard InChI is InChI=1S/C13H13ClN4O2/c1-8(19)16-12-4-3-10(5-11(12)14)17-13(20)9-6-15-18(2)7-9/h3-7H,1-2H3,(H,16,19)(H,17,20). The maximum Gasteiger partial charge on any atom is 0.258 e. The Labute approximate surface area is 120 Å². The number of benzene rings is 1. The van der Waals surface area contributed by atoms with Gasteiger partial charge in [0.05, 0.1) is 22.5 Å². The zero-order chi connectivity index (χ0) is 14.7. The van der Waals surface area contributed by atoms with Crippen LogP contribution < -0.4 is 10.6 Å². The van der Waals surface area contributed by atoms with E-state index in [9.17, 15) is 9.59 Å². The summed E-state index contributed by atoms with van der Waals surface area (Å²) < 4.78 is 1.54. The highest BCUT2D eigenvalue weighted by molar-refractivity contribution is 6.34. The van der Waals surface area contributed by atoms with Crippen LogP contribution in [0.5, 0.6) is 0 Å². The van der Waals surface area contributed by atoms with Gasteiger partial charge in [0.15, 0.2) is 0 Å². The Kier molecular flexibility index (Phi) is 4.05. The first-order chi connectivity index (χ1) is 9.45. The van der Waals surface area contributed by atoms with Crippen LogP contribution in [0.15, 0.2) is 30.6 Å². The van der Waals surface area contributed by atoms with Crippen LogP contribution in [-0.4, -0.2) is 21.6 Å². The van der Waals surface area contributed by atoms with Crippen LogP contribution in [0.2, 0.25) is 5.02 Å². The number of nitrogens with one attached hydrogen (secondary N) is 2. The van der Waals surface area contributed by atoms with Crippen LogP contribution in [0.3, 0.4) is 0 Å². The van der Waals surface area contributed by atoms with E-state index in [1.165, 1.54) is 13.1 Å². The van der Waals surface area contributed by atoms with E-state index in [4.69, 9.17) is 11.6 Å². The molecule has 0 radical (unpaired) electrons. The van der Waals surface area contributed by atoms with Gasteiger partial charge in [0.25, 0.3) is 5.91 Å². The number of aromatic nitrogens is 2. The van der Waals surface area contributed by atoms with Gasteiger partial charge >= 0.3 is 0 Å². The number of hydrogen-bond acceptors (Lipinski definition) is 3. The fourth-order valence-electron chi connectivity index (χ4n) is 1.63. The van der Waals surface area contributed by atoms with Crippen molar-refractivity contribution < 1.29 is 9.59 Å². The van der Waals surface area contributed by atoms with Gasteiger partial charge in [-0.2, -0.15) is 5.10 Å². The van der Waals surface area contributed by atoms with Crippen molar-refractivity contribution in [2.75, 3.05) is 10.6 Å². The molecule has 2 rings (SSSR count). The molecule has 6 nitrogen and oxygen atoms in total. The predicted octanol–water partition coefficient (Wildman–Crippen LogP) is 2.28. The van der Waals surface area contributed by atoms with Gasteiger partial charge in [-0.25, -0.2) is 0 Å². The molecule has 0 spiro atoms. The van der Waals surface area contributed by atoms with Crippen molar-refractivity contribution in [1.82, 2.24) is 9.78 Å². The minimum Gasteiger partial charge on any atom is -0.325 e. The second-order valence-corrected chi connectivity index (χ2v) is 4.64. The van der Waals surface area contributed by atoms with Gasteiger partial charge in [0.1, 0.15) is 0 Å². The van der Waals surface area contributed by atoms with Crippen molar-refractivity contribution in [2.45, 2.75) is 6.92 Å². The lowest BCUT2D eigenvalue weighted by Crippen LogP contribution is -2.11. The third-order valence-corrected chi connectivity index (χ3v) is 2.82. The summed E-state index contributed by atoms with van der Waals surface area (Å²) in [6.07, 6.45) is 3.09. The molecule has 0 aliphatic rings. The van der Waals surface area contributed by atoms with E-state index in [-0.39, 0.29) is 11.8 Å². The Balaban J connectivity index is 2.12. The average Bonchev–Trinajstić information content (AvgIpc) is 2.79. The lowest BCUT2D eigenvalue weighted by molar-refractivity contribution is -0.114. The quantitative estimate of drug-likeness (QED) is 0.911. The first-order valence-electron chi connectivity index (χ1n) is 5.83. The van der Waals surface area contributed by atoms with E-state index in [0.29, 0.717) is 22.0 Å². The zero-order valence-corrected chi connectivity index (χ0v) is 11.7. The van der Waals surface area contributed by atoms with Gasteiger partial charge in [-0.1, -0.05) is 11.6 Å². The highest BCUT2D eigenvalue weighted by Gasteiger charge is 2.09. The number of anilines is 2. The lowest BCUT2D eigenvalue weighted by Gasteiger charge is -2.08. The van der Waals surface area contributed by atoms with Crippen LogP contribution in [0.4, 0.5) is 11.4 Å². The third kappa shape index (κ3) is 3.36. The van der Waals surface area contributed by atoms with Crippen molar-refractivity contribution in [1.29, 1.82) is 0 Å². The third-order valence-electron chi connectivity index (χ3n) is 2.50. The van der Waals surface area contributed by atoms with E-state index in [2.05, 4.69) is 15.7 Å². The maximum atomic E-state index is 11.9. The SMILES string of the molecule is CC(=O)Nc1ccc(NC(=O)c2cnn(C)c2)cc1Cl. The van der Waals surface area contributed by atoms with Crippen LogP contribution in [0.25, 0.3) is 0 Å². The molecule has 20 heavy (non-hydrogen) atoms. The van der Waals surface area contributed by atoms with E-state index in [1.54, 1.807) is 36.1 Å². The molecule has 104 valence electrons. The maximum absolute atomic E-state index is 11.9. The first kappa shape index (κ1) is 14.1. The Morgan fingerprint density at radius 1 is 1.30 bits per heavy atom. The van der Waals surface area contributed by atoms with Crippen molar-refractivity contribution in [2.24, 2.45) is 7.05 Å². The van der Waals surface area contributed by atoms with Gasteiger partial charge in [-0.3, -0.25) is 14.3 Å². The molecule has 0 fully saturated rings. The van der Waals surface area contributed by atoms with Crippen molar-refractivity contribution in [3.8, 4) is 0 Å². The van der Waals surface area contributed by atoms with Crippen LogP contribution in [0.1, 0.15) is 17.3 Å². The van der Waals surface area contributed by atoms with Crippen LogP contribution in [-0.2, 0) is 11.8 Å². The molecule has 0 atom stereocenters. The van der Waals surface area contributed by atoms with E-state index in [1.807, 2.05) is 0 Å². The first-order valence-corrected chi connectivity index (χ1v) is 6.20. The molecule has 2 amide bonds. The molecule has 0 bridgehead atoms. The fourth-order valence-corrected chi connectivity index (χ4v) is 1.85. The second-order valence-electron chi connectivity index (χ2n) is 4.23. The smallest absolute Gasteiger partial charge is 0.258 e. The topological polar surface area (TPSA) is 76.0 Å². The number of nitrogens with zero attached hydrogens (tertiary/aromatic N) is 2.